The number of hydrogen-bond acceptors (Lipinski definition) is 3. The summed E-state index contributed by atoms with van der Waals surface area (Å²) in [6.07, 6.45) is 2.36. The van der Waals surface area contributed by atoms with Crippen LogP contribution in [-0.2, 0) is 0 Å². The highest BCUT2D eigenvalue weighted by molar-refractivity contribution is 5.96. The Morgan fingerprint density at radius 2 is 2.25 bits per heavy atom. The largest absolute Gasteiger partial charge is 0.451 e. The van der Waals surface area contributed by atoms with Crippen molar-refractivity contribution in [2.45, 2.75) is 25.8 Å². The Kier molecular flexibility index (Phi) is 4.35. The van der Waals surface area contributed by atoms with Crippen molar-refractivity contribution in [1.29, 1.82) is 0 Å². The Balaban J connectivity index is 0.00000147. The van der Waals surface area contributed by atoms with Crippen molar-refractivity contribution < 1.29 is 9.21 Å². The molecule has 3 rings (SSSR count). The molecular formula is C15H19ClN2O2. The van der Waals surface area contributed by atoms with E-state index >= 15 is 0 Å². The SMILES string of the molecule is Cc1cccc2cc(C(=O)NCC(N)C3CC3)oc12.Cl. The zero-order valence-corrected chi connectivity index (χ0v) is 12.2. The summed E-state index contributed by atoms with van der Waals surface area (Å²) in [7, 11) is 0. The molecule has 5 heteroatoms. The van der Waals surface area contributed by atoms with E-state index in [1.54, 1.807) is 6.07 Å². The normalized spacial score (nSPS) is 15.7. The molecule has 108 valence electrons. The molecule has 0 spiro atoms. The zero-order valence-electron chi connectivity index (χ0n) is 11.4. The molecule has 1 aromatic carbocycles. The number of aryl methyl sites for hydroxylation is 1. The summed E-state index contributed by atoms with van der Waals surface area (Å²) in [6.45, 7) is 2.48. The molecule has 1 fully saturated rings. The van der Waals surface area contributed by atoms with Crippen LogP contribution >= 0.6 is 12.4 Å². The molecule has 1 aromatic heterocycles. The molecule has 20 heavy (non-hydrogen) atoms. The topological polar surface area (TPSA) is 68.3 Å². The minimum atomic E-state index is -0.188. The maximum absolute atomic E-state index is 12.0. The van der Waals surface area contributed by atoms with Gasteiger partial charge in [0, 0.05) is 18.0 Å². The van der Waals surface area contributed by atoms with Gasteiger partial charge in [-0.05, 0) is 37.3 Å². The summed E-state index contributed by atoms with van der Waals surface area (Å²) >= 11 is 0. The first-order chi connectivity index (χ1) is 9.15. The fourth-order valence-electron chi connectivity index (χ4n) is 2.31. The van der Waals surface area contributed by atoms with E-state index in [9.17, 15) is 4.79 Å². The van der Waals surface area contributed by atoms with Gasteiger partial charge in [0.2, 0.25) is 0 Å². The van der Waals surface area contributed by atoms with Gasteiger partial charge in [0.05, 0.1) is 0 Å². The van der Waals surface area contributed by atoms with Crippen LogP contribution < -0.4 is 11.1 Å². The van der Waals surface area contributed by atoms with E-state index in [-0.39, 0.29) is 24.4 Å². The van der Waals surface area contributed by atoms with Gasteiger partial charge in [-0.3, -0.25) is 4.79 Å². The van der Waals surface area contributed by atoms with Gasteiger partial charge in [-0.2, -0.15) is 0 Å². The van der Waals surface area contributed by atoms with Crippen LogP contribution in [0.2, 0.25) is 0 Å². The Hall–Kier alpha value is -1.52. The number of nitrogens with two attached hydrogens (primary N) is 1. The standard InChI is InChI=1S/C15H18N2O2.ClH/c1-9-3-2-4-11-7-13(19-14(9)11)15(18)17-8-12(16)10-5-6-10;/h2-4,7,10,12H,5-6,8,16H2,1H3,(H,17,18);1H. The van der Waals surface area contributed by atoms with Crippen molar-refractivity contribution in [2.75, 3.05) is 6.54 Å². The van der Waals surface area contributed by atoms with Crippen LogP contribution in [0.4, 0.5) is 0 Å². The second-order valence-corrected chi connectivity index (χ2v) is 5.32. The smallest absolute Gasteiger partial charge is 0.287 e. The van der Waals surface area contributed by atoms with Gasteiger partial charge < -0.3 is 15.5 Å². The van der Waals surface area contributed by atoms with E-state index in [0.29, 0.717) is 18.2 Å². The Morgan fingerprint density at radius 1 is 1.50 bits per heavy atom. The molecule has 1 amide bonds. The quantitative estimate of drug-likeness (QED) is 0.911. The lowest BCUT2D eigenvalue weighted by Gasteiger charge is -2.10. The second kappa shape index (κ2) is 5.85. The van der Waals surface area contributed by atoms with Crippen LogP contribution in [0.3, 0.4) is 0 Å². The summed E-state index contributed by atoms with van der Waals surface area (Å²) in [5, 5.41) is 3.80. The lowest BCUT2D eigenvalue weighted by atomic mass is 10.2. The highest BCUT2D eigenvalue weighted by Crippen LogP contribution is 2.31. The van der Waals surface area contributed by atoms with Crippen molar-refractivity contribution >= 4 is 29.3 Å². The van der Waals surface area contributed by atoms with Gasteiger partial charge in [0.25, 0.3) is 5.91 Å². The third-order valence-corrected chi connectivity index (χ3v) is 3.69. The number of fused-ring (bicyclic) bond motifs is 1. The van der Waals surface area contributed by atoms with Crippen molar-refractivity contribution in [1.82, 2.24) is 5.32 Å². The van der Waals surface area contributed by atoms with E-state index in [2.05, 4.69) is 5.32 Å². The summed E-state index contributed by atoms with van der Waals surface area (Å²) in [6, 6.07) is 7.71. The molecule has 0 aliphatic heterocycles. The molecule has 0 radical (unpaired) electrons. The zero-order chi connectivity index (χ0) is 13.4. The van der Waals surface area contributed by atoms with Gasteiger partial charge in [-0.25, -0.2) is 0 Å². The number of nitrogens with one attached hydrogen (secondary N) is 1. The number of carbonyl (C=O) groups excluding carboxylic acids is 1. The number of halogens is 1. The maximum Gasteiger partial charge on any atom is 0.287 e. The Bertz CT molecular complexity index is 619. The lowest BCUT2D eigenvalue weighted by Crippen LogP contribution is -2.38. The number of hydrogen-bond donors (Lipinski definition) is 2. The molecule has 4 nitrogen and oxygen atoms in total. The van der Waals surface area contributed by atoms with Crippen LogP contribution in [0.15, 0.2) is 28.7 Å². The predicted molar refractivity (Wildman–Crippen MR) is 81.2 cm³/mol. The molecule has 1 saturated carbocycles. The highest BCUT2D eigenvalue weighted by atomic mass is 35.5. The minimum absolute atomic E-state index is 0. The van der Waals surface area contributed by atoms with Crippen molar-refractivity contribution in [3.8, 4) is 0 Å². The van der Waals surface area contributed by atoms with Crippen LogP contribution in [-0.4, -0.2) is 18.5 Å². The third kappa shape index (κ3) is 2.97. The predicted octanol–water partition coefficient (Wildman–Crippen LogP) is 2.63. The highest BCUT2D eigenvalue weighted by Gasteiger charge is 2.28. The Labute approximate surface area is 124 Å². The molecule has 1 heterocycles. The second-order valence-electron chi connectivity index (χ2n) is 5.32. The molecular weight excluding hydrogens is 276 g/mol. The van der Waals surface area contributed by atoms with Gasteiger partial charge in [0.15, 0.2) is 5.76 Å². The molecule has 1 aliphatic carbocycles. The first kappa shape index (κ1) is 14.9. The van der Waals surface area contributed by atoms with Crippen molar-refractivity contribution in [3.05, 3.63) is 35.6 Å². The van der Waals surface area contributed by atoms with Gasteiger partial charge in [0.1, 0.15) is 5.58 Å². The monoisotopic (exact) mass is 294 g/mol. The van der Waals surface area contributed by atoms with E-state index in [0.717, 1.165) is 16.5 Å². The average molecular weight is 295 g/mol. The molecule has 2 aromatic rings. The first-order valence-corrected chi connectivity index (χ1v) is 6.68. The number of para-hydroxylation sites is 1. The number of amides is 1. The average Bonchev–Trinajstić information content (AvgIpc) is 3.15. The molecule has 0 saturated heterocycles. The van der Waals surface area contributed by atoms with Gasteiger partial charge >= 0.3 is 0 Å². The van der Waals surface area contributed by atoms with Crippen LogP contribution in [0, 0.1) is 12.8 Å². The summed E-state index contributed by atoms with van der Waals surface area (Å²) in [5.74, 6) is 0.747. The van der Waals surface area contributed by atoms with Crippen LogP contribution in [0.5, 0.6) is 0 Å². The van der Waals surface area contributed by atoms with Crippen LogP contribution in [0.25, 0.3) is 11.0 Å². The van der Waals surface area contributed by atoms with Crippen molar-refractivity contribution in [3.63, 3.8) is 0 Å². The minimum Gasteiger partial charge on any atom is -0.451 e. The summed E-state index contributed by atoms with van der Waals surface area (Å²) < 4.78 is 5.62. The fraction of sp³-hybridized carbons (Fsp3) is 0.400. The molecule has 3 N–H and O–H groups in total. The maximum atomic E-state index is 12.0. The first-order valence-electron chi connectivity index (χ1n) is 6.68. The number of carbonyl (C=O) groups is 1. The van der Waals surface area contributed by atoms with E-state index in [1.165, 1.54) is 12.8 Å². The van der Waals surface area contributed by atoms with Gasteiger partial charge in [-0.15, -0.1) is 12.4 Å². The van der Waals surface area contributed by atoms with E-state index in [1.807, 2.05) is 25.1 Å². The molecule has 1 aliphatic rings. The summed E-state index contributed by atoms with van der Waals surface area (Å²) in [4.78, 5) is 12.0. The molecule has 1 atom stereocenters. The number of furan rings is 1. The summed E-state index contributed by atoms with van der Waals surface area (Å²) in [5.41, 5.74) is 7.77. The molecule has 0 bridgehead atoms. The van der Waals surface area contributed by atoms with Gasteiger partial charge in [-0.1, -0.05) is 18.2 Å². The van der Waals surface area contributed by atoms with Crippen molar-refractivity contribution in [2.24, 2.45) is 11.7 Å². The van der Waals surface area contributed by atoms with E-state index in [4.69, 9.17) is 10.2 Å². The lowest BCUT2D eigenvalue weighted by molar-refractivity contribution is 0.0924. The Morgan fingerprint density at radius 3 is 2.90 bits per heavy atom. The fourth-order valence-corrected chi connectivity index (χ4v) is 2.31. The van der Waals surface area contributed by atoms with E-state index < -0.39 is 0 Å². The van der Waals surface area contributed by atoms with Crippen LogP contribution in [0.1, 0.15) is 29.0 Å². The third-order valence-electron chi connectivity index (χ3n) is 3.69. The number of benzene rings is 1. The molecule has 1 unspecified atom stereocenters. The number of rotatable bonds is 4.